The molecule has 148 valence electrons. The third kappa shape index (κ3) is 5.67. The van der Waals surface area contributed by atoms with Gasteiger partial charge in [-0.1, -0.05) is 54.1 Å². The predicted octanol–water partition coefficient (Wildman–Crippen LogP) is 3.67. The molecular weight excluding hydrogens is 396 g/mol. The Bertz CT molecular complexity index is 937. The van der Waals surface area contributed by atoms with Gasteiger partial charge in [0, 0.05) is 36.0 Å². The normalized spacial score (nSPS) is 16.3. The maximum absolute atomic E-state index is 12.5. The number of hydrogen-bond acceptors (Lipinski definition) is 3. The highest BCUT2D eigenvalue weighted by Gasteiger charge is 2.29. The van der Waals surface area contributed by atoms with E-state index in [-0.39, 0.29) is 11.8 Å². The molecule has 5 nitrogen and oxygen atoms in total. The Morgan fingerprint density at radius 1 is 1.11 bits per heavy atom. The molecule has 0 aliphatic carbocycles. The minimum absolute atomic E-state index is 0.0446. The van der Waals surface area contributed by atoms with Crippen LogP contribution in [0, 0.1) is 5.92 Å². The largest absolute Gasteiger partial charge is 0.352 e. The van der Waals surface area contributed by atoms with E-state index in [2.05, 4.69) is 5.32 Å². The van der Waals surface area contributed by atoms with Gasteiger partial charge in [-0.3, -0.25) is 4.79 Å². The molecule has 0 aromatic heterocycles. The van der Waals surface area contributed by atoms with E-state index in [1.807, 2.05) is 48.5 Å². The first-order valence-electron chi connectivity index (χ1n) is 9.19. The van der Waals surface area contributed by atoms with Crippen LogP contribution in [0.3, 0.4) is 0 Å². The lowest BCUT2D eigenvalue weighted by Gasteiger charge is -2.29. The molecule has 0 saturated carbocycles. The highest BCUT2D eigenvalue weighted by Crippen LogP contribution is 2.21. The van der Waals surface area contributed by atoms with E-state index in [0.717, 1.165) is 11.1 Å². The van der Waals surface area contributed by atoms with Crippen molar-refractivity contribution in [3.8, 4) is 0 Å². The monoisotopic (exact) mass is 418 g/mol. The molecule has 1 saturated heterocycles. The topological polar surface area (TPSA) is 66.5 Å². The summed E-state index contributed by atoms with van der Waals surface area (Å²) in [6.45, 7) is 1.10. The molecule has 3 rings (SSSR count). The summed E-state index contributed by atoms with van der Waals surface area (Å²) in [6, 6.07) is 16.7. The van der Waals surface area contributed by atoms with Crippen molar-refractivity contribution in [1.29, 1.82) is 0 Å². The van der Waals surface area contributed by atoms with Crippen molar-refractivity contribution in [3.63, 3.8) is 0 Å². The van der Waals surface area contributed by atoms with Crippen molar-refractivity contribution in [1.82, 2.24) is 9.62 Å². The molecule has 0 bridgehead atoms. The van der Waals surface area contributed by atoms with Crippen molar-refractivity contribution in [2.75, 3.05) is 13.1 Å². The van der Waals surface area contributed by atoms with Crippen LogP contribution in [0.2, 0.25) is 5.02 Å². The summed E-state index contributed by atoms with van der Waals surface area (Å²) in [5.41, 5.74) is 1.77. The third-order valence-corrected chi connectivity index (χ3v) is 6.57. The summed E-state index contributed by atoms with van der Waals surface area (Å²) in [5, 5.41) is 4.79. The number of piperidine rings is 1. The van der Waals surface area contributed by atoms with Crippen LogP contribution in [0.1, 0.15) is 24.0 Å². The van der Waals surface area contributed by atoms with Crippen LogP contribution in [0.4, 0.5) is 0 Å². The zero-order valence-corrected chi connectivity index (χ0v) is 17.0. The number of benzene rings is 2. The van der Waals surface area contributed by atoms with Gasteiger partial charge in [-0.25, -0.2) is 8.42 Å². The number of rotatable bonds is 6. The summed E-state index contributed by atoms with van der Waals surface area (Å²) in [5.74, 6) is -0.222. The molecule has 0 radical (unpaired) electrons. The van der Waals surface area contributed by atoms with Crippen molar-refractivity contribution in [3.05, 3.63) is 76.2 Å². The minimum Gasteiger partial charge on any atom is -0.352 e. The molecule has 0 spiro atoms. The summed E-state index contributed by atoms with van der Waals surface area (Å²) in [4.78, 5) is 12.4. The SMILES string of the molecule is O=C(NCc1cccc(Cl)c1)C1CCN(S(=O)(=O)/C=C/c2ccccc2)CC1. The van der Waals surface area contributed by atoms with Gasteiger partial charge in [-0.2, -0.15) is 4.31 Å². The third-order valence-electron chi connectivity index (χ3n) is 4.77. The van der Waals surface area contributed by atoms with Gasteiger partial charge in [0.25, 0.3) is 0 Å². The molecule has 7 heteroatoms. The lowest BCUT2D eigenvalue weighted by atomic mass is 9.97. The van der Waals surface area contributed by atoms with Crippen LogP contribution in [-0.4, -0.2) is 31.7 Å². The molecule has 1 N–H and O–H groups in total. The lowest BCUT2D eigenvalue weighted by Crippen LogP contribution is -2.42. The Labute approximate surface area is 171 Å². The Hall–Kier alpha value is -2.15. The summed E-state index contributed by atoms with van der Waals surface area (Å²) in [7, 11) is -3.48. The van der Waals surface area contributed by atoms with Gasteiger partial charge in [0.15, 0.2) is 0 Å². The van der Waals surface area contributed by atoms with E-state index in [4.69, 9.17) is 11.6 Å². The molecule has 1 fully saturated rings. The maximum atomic E-state index is 12.5. The van der Waals surface area contributed by atoms with Crippen LogP contribution in [0.5, 0.6) is 0 Å². The minimum atomic E-state index is -3.48. The number of hydrogen-bond donors (Lipinski definition) is 1. The summed E-state index contributed by atoms with van der Waals surface area (Å²) >= 11 is 5.95. The van der Waals surface area contributed by atoms with Gasteiger partial charge >= 0.3 is 0 Å². The average molecular weight is 419 g/mol. The highest BCUT2D eigenvalue weighted by molar-refractivity contribution is 7.92. The second kappa shape index (κ2) is 9.37. The number of carbonyl (C=O) groups is 1. The van der Waals surface area contributed by atoms with Gasteiger partial charge in [-0.15, -0.1) is 0 Å². The van der Waals surface area contributed by atoms with Crippen LogP contribution in [-0.2, 0) is 21.4 Å². The summed E-state index contributed by atoms with van der Waals surface area (Å²) in [6.07, 6.45) is 2.62. The van der Waals surface area contributed by atoms with Crippen molar-refractivity contribution in [2.45, 2.75) is 19.4 Å². The first-order chi connectivity index (χ1) is 13.4. The number of halogens is 1. The molecule has 1 aliphatic heterocycles. The van der Waals surface area contributed by atoms with E-state index >= 15 is 0 Å². The number of nitrogens with one attached hydrogen (secondary N) is 1. The van der Waals surface area contributed by atoms with E-state index in [9.17, 15) is 13.2 Å². The zero-order chi connectivity index (χ0) is 20.0. The van der Waals surface area contributed by atoms with E-state index in [0.29, 0.717) is 37.5 Å². The van der Waals surface area contributed by atoms with Crippen molar-refractivity contribution < 1.29 is 13.2 Å². The Morgan fingerprint density at radius 2 is 1.82 bits per heavy atom. The molecule has 1 aliphatic rings. The molecule has 28 heavy (non-hydrogen) atoms. The molecule has 1 heterocycles. The number of amides is 1. The summed E-state index contributed by atoms with van der Waals surface area (Å²) < 4.78 is 26.4. The number of carbonyl (C=O) groups excluding carboxylic acids is 1. The van der Waals surface area contributed by atoms with Crippen LogP contribution < -0.4 is 5.32 Å². The Kier molecular flexibility index (Phi) is 6.88. The van der Waals surface area contributed by atoms with Crippen LogP contribution in [0.25, 0.3) is 6.08 Å². The molecular formula is C21H23ClN2O3S. The predicted molar refractivity (Wildman–Crippen MR) is 112 cm³/mol. The maximum Gasteiger partial charge on any atom is 0.236 e. The first-order valence-corrected chi connectivity index (χ1v) is 11.1. The quantitative estimate of drug-likeness (QED) is 0.778. The fourth-order valence-electron chi connectivity index (χ4n) is 3.17. The van der Waals surface area contributed by atoms with Crippen molar-refractivity contribution >= 4 is 33.6 Å². The molecule has 0 unspecified atom stereocenters. The second-order valence-electron chi connectivity index (χ2n) is 6.78. The zero-order valence-electron chi connectivity index (χ0n) is 15.4. The first kappa shape index (κ1) is 20.6. The highest BCUT2D eigenvalue weighted by atomic mass is 35.5. The van der Waals surface area contributed by atoms with Gasteiger partial charge in [0.1, 0.15) is 0 Å². The number of sulfonamides is 1. The van der Waals surface area contributed by atoms with Gasteiger partial charge in [0.05, 0.1) is 0 Å². The Balaban J connectivity index is 1.50. The van der Waals surface area contributed by atoms with Gasteiger partial charge < -0.3 is 5.32 Å². The lowest BCUT2D eigenvalue weighted by molar-refractivity contribution is -0.126. The second-order valence-corrected chi connectivity index (χ2v) is 9.03. The molecule has 2 aromatic carbocycles. The van der Waals surface area contributed by atoms with Crippen LogP contribution in [0.15, 0.2) is 60.0 Å². The average Bonchev–Trinajstić information content (AvgIpc) is 2.71. The van der Waals surface area contributed by atoms with Crippen molar-refractivity contribution in [2.24, 2.45) is 5.92 Å². The van der Waals surface area contributed by atoms with E-state index in [1.54, 1.807) is 12.1 Å². The van der Waals surface area contributed by atoms with E-state index < -0.39 is 10.0 Å². The smallest absolute Gasteiger partial charge is 0.236 e. The fraction of sp³-hybridized carbons (Fsp3) is 0.286. The standard InChI is InChI=1S/C21H23ClN2O3S/c22-20-8-4-7-18(15-20)16-23-21(25)19-9-12-24(13-10-19)28(26,27)14-11-17-5-2-1-3-6-17/h1-8,11,14-15,19H,9-10,12-13,16H2,(H,23,25)/b14-11+. The van der Waals surface area contributed by atoms with Gasteiger partial charge in [0.2, 0.25) is 15.9 Å². The van der Waals surface area contributed by atoms with Gasteiger partial charge in [-0.05, 0) is 42.2 Å². The molecule has 2 aromatic rings. The Morgan fingerprint density at radius 3 is 2.50 bits per heavy atom. The molecule has 1 amide bonds. The fourth-order valence-corrected chi connectivity index (χ4v) is 4.60. The van der Waals surface area contributed by atoms with E-state index in [1.165, 1.54) is 9.71 Å². The number of nitrogens with zero attached hydrogens (tertiary/aromatic N) is 1. The van der Waals surface area contributed by atoms with Crippen LogP contribution >= 0.6 is 11.6 Å². The molecule has 0 atom stereocenters.